The first kappa shape index (κ1) is 20.9. The van der Waals surface area contributed by atoms with Crippen molar-refractivity contribution in [3.05, 3.63) is 29.0 Å². The lowest BCUT2D eigenvalue weighted by molar-refractivity contribution is -0.140. The smallest absolute Gasteiger partial charge is 0.320 e. The highest BCUT2D eigenvalue weighted by Crippen LogP contribution is 2.25. The van der Waals surface area contributed by atoms with Gasteiger partial charge in [0.15, 0.2) is 10.6 Å². The van der Waals surface area contributed by atoms with Crippen molar-refractivity contribution in [2.24, 2.45) is 0 Å². The molecule has 152 valence electrons. The first-order valence-corrected chi connectivity index (χ1v) is 10.7. The summed E-state index contributed by atoms with van der Waals surface area (Å²) in [6, 6.07) is 8.00. The van der Waals surface area contributed by atoms with Crippen LogP contribution in [0.1, 0.15) is 19.9 Å². The largest absolute Gasteiger partial charge is 0.497 e. The molecule has 1 atom stereocenters. The van der Waals surface area contributed by atoms with Gasteiger partial charge in [-0.15, -0.1) is 11.8 Å². The van der Waals surface area contributed by atoms with Crippen LogP contribution >= 0.6 is 24.0 Å². The summed E-state index contributed by atoms with van der Waals surface area (Å²) in [5.74, 6) is 2.34. The van der Waals surface area contributed by atoms with Crippen LogP contribution in [0.4, 0.5) is 0 Å². The van der Waals surface area contributed by atoms with Crippen LogP contribution in [0, 0.1) is 4.77 Å². The summed E-state index contributed by atoms with van der Waals surface area (Å²) in [4.78, 5) is 14.1. The molecule has 0 spiro atoms. The Kier molecular flexibility index (Phi) is 6.79. The van der Waals surface area contributed by atoms with E-state index in [0.29, 0.717) is 18.0 Å². The van der Waals surface area contributed by atoms with Crippen molar-refractivity contribution in [2.45, 2.75) is 31.8 Å². The van der Waals surface area contributed by atoms with E-state index in [1.807, 2.05) is 28.9 Å². The number of hydrogen-bond acceptors (Lipinski definition) is 7. The fourth-order valence-corrected chi connectivity index (χ4v) is 4.80. The average Bonchev–Trinajstić information content (AvgIpc) is 3.04. The Morgan fingerprint density at radius 2 is 2.04 bits per heavy atom. The molecular formula is C19H26N4O3S2. The number of esters is 1. The lowest BCUT2D eigenvalue weighted by Gasteiger charge is -2.30. The summed E-state index contributed by atoms with van der Waals surface area (Å²) >= 11 is 7.36. The Balaban J connectivity index is 1.87. The topological polar surface area (TPSA) is 61.5 Å². The van der Waals surface area contributed by atoms with Gasteiger partial charge in [0.25, 0.3) is 0 Å². The van der Waals surface area contributed by atoms with Crippen molar-refractivity contribution >= 4 is 29.9 Å². The predicted molar refractivity (Wildman–Crippen MR) is 113 cm³/mol. The van der Waals surface area contributed by atoms with E-state index < -0.39 is 0 Å². The van der Waals surface area contributed by atoms with Gasteiger partial charge in [0.1, 0.15) is 11.0 Å². The third-order valence-corrected chi connectivity index (χ3v) is 6.25. The minimum atomic E-state index is -0.176. The highest BCUT2D eigenvalue weighted by Gasteiger charge is 2.28. The SMILES string of the molecule is COC(=O)[C@H]1CN(Cn2nc(-c3ccc(OC)cc3)n(C(C)C)c2=S)CCS1. The number of aromatic nitrogens is 3. The van der Waals surface area contributed by atoms with E-state index in [4.69, 9.17) is 26.8 Å². The normalized spacial score (nSPS) is 17.7. The zero-order valence-corrected chi connectivity index (χ0v) is 18.3. The molecule has 0 N–H and O–H groups in total. The molecule has 1 aliphatic heterocycles. The molecular weight excluding hydrogens is 396 g/mol. The van der Waals surface area contributed by atoms with Crippen LogP contribution in [0.2, 0.25) is 0 Å². The van der Waals surface area contributed by atoms with Crippen LogP contribution in [0.25, 0.3) is 11.4 Å². The summed E-state index contributed by atoms with van der Waals surface area (Å²) in [7, 11) is 3.08. The van der Waals surface area contributed by atoms with E-state index in [9.17, 15) is 4.79 Å². The molecule has 28 heavy (non-hydrogen) atoms. The maximum Gasteiger partial charge on any atom is 0.320 e. The average molecular weight is 423 g/mol. The molecule has 0 saturated carbocycles. The standard InChI is InChI=1S/C19H26N4O3S2/c1-13(2)23-17(14-5-7-15(25-3)8-6-14)20-22(19(23)27)12-21-9-10-28-16(11-21)18(24)26-4/h5-8,13,16H,9-12H2,1-4H3/t16-/m1/s1. The highest BCUT2D eigenvalue weighted by atomic mass is 32.2. The second-order valence-electron chi connectivity index (χ2n) is 6.90. The van der Waals surface area contributed by atoms with E-state index in [1.165, 1.54) is 7.11 Å². The van der Waals surface area contributed by atoms with E-state index in [-0.39, 0.29) is 17.3 Å². The summed E-state index contributed by atoms with van der Waals surface area (Å²) in [6.07, 6.45) is 0. The molecule has 0 bridgehead atoms. The molecule has 0 radical (unpaired) electrons. The Morgan fingerprint density at radius 3 is 2.64 bits per heavy atom. The third kappa shape index (κ3) is 4.42. The van der Waals surface area contributed by atoms with Gasteiger partial charge in [-0.05, 0) is 50.3 Å². The quantitative estimate of drug-likeness (QED) is 0.523. The Hall–Kier alpha value is -1.84. The Morgan fingerprint density at radius 1 is 1.32 bits per heavy atom. The summed E-state index contributed by atoms with van der Waals surface area (Å²) in [6.45, 7) is 6.26. The predicted octanol–water partition coefficient (Wildman–Crippen LogP) is 3.22. The highest BCUT2D eigenvalue weighted by molar-refractivity contribution is 8.00. The van der Waals surface area contributed by atoms with Gasteiger partial charge in [-0.2, -0.15) is 5.10 Å². The monoisotopic (exact) mass is 422 g/mol. The molecule has 1 aromatic heterocycles. The first-order chi connectivity index (χ1) is 13.4. The molecule has 1 aromatic carbocycles. The number of ether oxygens (including phenoxy) is 2. The molecule has 2 heterocycles. The molecule has 3 rings (SSSR count). The second-order valence-corrected chi connectivity index (χ2v) is 8.57. The number of nitrogens with zero attached hydrogens (tertiary/aromatic N) is 4. The summed E-state index contributed by atoms with van der Waals surface area (Å²) in [5.41, 5.74) is 0.987. The maximum atomic E-state index is 11.9. The van der Waals surface area contributed by atoms with Gasteiger partial charge in [-0.1, -0.05) is 0 Å². The zero-order valence-electron chi connectivity index (χ0n) is 16.6. The second kappa shape index (κ2) is 9.11. The van der Waals surface area contributed by atoms with Crippen molar-refractivity contribution in [1.29, 1.82) is 0 Å². The fourth-order valence-electron chi connectivity index (χ4n) is 3.21. The number of carbonyl (C=O) groups is 1. The van der Waals surface area contributed by atoms with Crippen LogP contribution in [0.15, 0.2) is 24.3 Å². The molecule has 1 aliphatic rings. The van der Waals surface area contributed by atoms with Gasteiger partial charge < -0.3 is 9.47 Å². The molecule has 1 fully saturated rings. The van der Waals surface area contributed by atoms with Gasteiger partial charge >= 0.3 is 5.97 Å². The first-order valence-electron chi connectivity index (χ1n) is 9.20. The van der Waals surface area contributed by atoms with Crippen LogP contribution in [0.5, 0.6) is 5.75 Å². The van der Waals surface area contributed by atoms with Crippen molar-refractivity contribution in [2.75, 3.05) is 33.1 Å². The van der Waals surface area contributed by atoms with Gasteiger partial charge in [0, 0.05) is 30.4 Å². The molecule has 7 nitrogen and oxygen atoms in total. The lowest BCUT2D eigenvalue weighted by atomic mass is 10.2. The van der Waals surface area contributed by atoms with Crippen molar-refractivity contribution in [3.63, 3.8) is 0 Å². The van der Waals surface area contributed by atoms with E-state index in [1.54, 1.807) is 18.9 Å². The van der Waals surface area contributed by atoms with Gasteiger partial charge in [-0.25, -0.2) is 4.68 Å². The minimum Gasteiger partial charge on any atom is -0.497 e. The number of benzene rings is 1. The van der Waals surface area contributed by atoms with Crippen molar-refractivity contribution < 1.29 is 14.3 Å². The number of methoxy groups -OCH3 is 2. The number of carbonyl (C=O) groups excluding carboxylic acids is 1. The Labute approximate surface area is 174 Å². The van der Waals surface area contributed by atoms with Gasteiger partial charge in [0.2, 0.25) is 0 Å². The maximum absolute atomic E-state index is 11.9. The van der Waals surface area contributed by atoms with Gasteiger partial charge in [0.05, 0.1) is 20.9 Å². The molecule has 0 amide bonds. The Bertz CT molecular complexity index is 876. The molecule has 9 heteroatoms. The molecule has 0 aliphatic carbocycles. The van der Waals surface area contributed by atoms with Crippen LogP contribution in [-0.4, -0.2) is 63.5 Å². The summed E-state index contributed by atoms with van der Waals surface area (Å²) in [5, 5.41) is 4.65. The third-order valence-electron chi connectivity index (χ3n) is 4.68. The number of rotatable bonds is 6. The minimum absolute atomic E-state index is 0.166. The van der Waals surface area contributed by atoms with E-state index in [0.717, 1.165) is 29.4 Å². The van der Waals surface area contributed by atoms with Crippen LogP contribution < -0.4 is 4.74 Å². The lowest BCUT2D eigenvalue weighted by Crippen LogP contribution is -2.42. The van der Waals surface area contributed by atoms with Crippen LogP contribution in [-0.2, 0) is 16.2 Å². The number of hydrogen-bond donors (Lipinski definition) is 0. The molecule has 2 aromatic rings. The molecule has 1 saturated heterocycles. The zero-order chi connectivity index (χ0) is 20.3. The van der Waals surface area contributed by atoms with Crippen molar-refractivity contribution in [3.8, 4) is 17.1 Å². The van der Waals surface area contributed by atoms with Gasteiger partial charge in [-0.3, -0.25) is 14.3 Å². The van der Waals surface area contributed by atoms with Crippen LogP contribution in [0.3, 0.4) is 0 Å². The molecule has 0 unspecified atom stereocenters. The van der Waals surface area contributed by atoms with Crippen molar-refractivity contribution in [1.82, 2.24) is 19.2 Å². The fraction of sp³-hybridized carbons (Fsp3) is 0.526. The van der Waals surface area contributed by atoms with E-state index >= 15 is 0 Å². The number of thioether (sulfide) groups is 1. The van der Waals surface area contributed by atoms with E-state index in [2.05, 4.69) is 23.3 Å². The summed E-state index contributed by atoms with van der Waals surface area (Å²) < 4.78 is 14.7.